The predicted molar refractivity (Wildman–Crippen MR) is 89.9 cm³/mol. The molecular weight excluding hydrogens is 304 g/mol. The van der Waals surface area contributed by atoms with E-state index in [2.05, 4.69) is 20.2 Å². The molecule has 3 heterocycles. The number of ether oxygens (including phenoxy) is 1. The van der Waals surface area contributed by atoms with Crippen LogP contribution in [0.15, 0.2) is 12.3 Å². The number of hydrogen-bond acceptors (Lipinski definition) is 5. The topological polar surface area (TPSA) is 67.4 Å². The third-order valence-electron chi connectivity index (χ3n) is 5.31. The highest BCUT2D eigenvalue weighted by atomic mass is 16.5. The molecule has 1 aromatic heterocycles. The molecule has 1 saturated carbocycles. The van der Waals surface area contributed by atoms with E-state index < -0.39 is 0 Å². The molecule has 1 aliphatic carbocycles. The third-order valence-corrected chi connectivity index (χ3v) is 5.31. The summed E-state index contributed by atoms with van der Waals surface area (Å²) in [6.07, 6.45) is 7.22. The van der Waals surface area contributed by atoms with Crippen molar-refractivity contribution in [2.75, 3.05) is 32.8 Å². The second-order valence-corrected chi connectivity index (χ2v) is 7.35. The molecule has 24 heavy (non-hydrogen) atoms. The number of nitrogens with zero attached hydrogens (tertiary/aromatic N) is 3. The maximum Gasteiger partial charge on any atom is 0.270 e. The van der Waals surface area contributed by atoms with E-state index in [-0.39, 0.29) is 11.9 Å². The number of piperidine rings is 1. The fourth-order valence-corrected chi connectivity index (χ4v) is 3.65. The Labute approximate surface area is 143 Å². The molecule has 3 fully saturated rings. The number of likely N-dealkylation sites (tertiary alicyclic amines) is 1. The van der Waals surface area contributed by atoms with E-state index in [0.29, 0.717) is 17.5 Å². The van der Waals surface area contributed by atoms with Crippen LogP contribution in [0.2, 0.25) is 0 Å². The maximum atomic E-state index is 12.4. The average molecular weight is 330 g/mol. The molecule has 2 aliphatic heterocycles. The summed E-state index contributed by atoms with van der Waals surface area (Å²) in [5.74, 6) is 1.94. The molecule has 0 bridgehead atoms. The lowest BCUT2D eigenvalue weighted by molar-refractivity contribution is 0.0898. The molecule has 1 amide bonds. The first-order valence-corrected chi connectivity index (χ1v) is 9.22. The zero-order valence-corrected chi connectivity index (χ0v) is 14.1. The van der Waals surface area contributed by atoms with E-state index in [9.17, 15) is 4.79 Å². The minimum absolute atomic E-state index is 0.0538. The molecule has 4 rings (SSSR count). The Morgan fingerprint density at radius 1 is 1.25 bits per heavy atom. The Hall–Kier alpha value is -1.53. The van der Waals surface area contributed by atoms with Crippen LogP contribution < -0.4 is 5.32 Å². The Morgan fingerprint density at radius 3 is 2.79 bits per heavy atom. The van der Waals surface area contributed by atoms with Gasteiger partial charge in [0.15, 0.2) is 0 Å². The van der Waals surface area contributed by atoms with Gasteiger partial charge in [-0.2, -0.15) is 0 Å². The second kappa shape index (κ2) is 7.15. The molecule has 0 radical (unpaired) electrons. The lowest BCUT2D eigenvalue weighted by Gasteiger charge is -2.33. The largest absolute Gasteiger partial charge is 0.381 e. The van der Waals surface area contributed by atoms with Gasteiger partial charge in [0.2, 0.25) is 0 Å². The molecule has 0 aromatic carbocycles. The Bertz CT molecular complexity index is 576. The molecule has 6 nitrogen and oxygen atoms in total. The van der Waals surface area contributed by atoms with Crippen molar-refractivity contribution in [2.24, 2.45) is 5.92 Å². The highest BCUT2D eigenvalue weighted by molar-refractivity contribution is 5.92. The van der Waals surface area contributed by atoms with Gasteiger partial charge in [-0.3, -0.25) is 4.79 Å². The summed E-state index contributed by atoms with van der Waals surface area (Å²) >= 11 is 0. The van der Waals surface area contributed by atoms with Crippen LogP contribution in [0.3, 0.4) is 0 Å². The zero-order chi connectivity index (χ0) is 16.4. The maximum absolute atomic E-state index is 12.4. The summed E-state index contributed by atoms with van der Waals surface area (Å²) in [7, 11) is 0. The van der Waals surface area contributed by atoms with Crippen LogP contribution in [0.5, 0.6) is 0 Å². The molecule has 0 spiro atoms. The molecule has 1 N–H and O–H groups in total. The molecule has 2 saturated heterocycles. The second-order valence-electron chi connectivity index (χ2n) is 7.35. The van der Waals surface area contributed by atoms with Crippen LogP contribution in [-0.2, 0) is 4.74 Å². The Morgan fingerprint density at radius 2 is 2.08 bits per heavy atom. The molecule has 1 aromatic rings. The first kappa shape index (κ1) is 16.0. The molecule has 1 atom stereocenters. The summed E-state index contributed by atoms with van der Waals surface area (Å²) in [5, 5.41) is 3.16. The highest BCUT2D eigenvalue weighted by Crippen LogP contribution is 2.37. The van der Waals surface area contributed by atoms with Crippen molar-refractivity contribution >= 4 is 5.91 Å². The van der Waals surface area contributed by atoms with Crippen LogP contribution in [0.1, 0.15) is 54.3 Å². The van der Waals surface area contributed by atoms with Gasteiger partial charge in [0.25, 0.3) is 5.91 Å². The van der Waals surface area contributed by atoms with E-state index in [1.807, 2.05) is 0 Å². The predicted octanol–water partition coefficient (Wildman–Crippen LogP) is 1.58. The van der Waals surface area contributed by atoms with Crippen LogP contribution >= 0.6 is 0 Å². The van der Waals surface area contributed by atoms with Gasteiger partial charge in [-0.25, -0.2) is 9.97 Å². The van der Waals surface area contributed by atoms with E-state index in [1.165, 1.54) is 6.42 Å². The molecular formula is C18H26N4O2. The van der Waals surface area contributed by atoms with Gasteiger partial charge in [0.05, 0.1) is 6.61 Å². The van der Waals surface area contributed by atoms with Gasteiger partial charge in [-0.15, -0.1) is 0 Å². The van der Waals surface area contributed by atoms with Gasteiger partial charge in [0.1, 0.15) is 11.5 Å². The highest BCUT2D eigenvalue weighted by Gasteiger charge is 2.28. The van der Waals surface area contributed by atoms with Crippen LogP contribution in [0.25, 0.3) is 0 Å². The minimum Gasteiger partial charge on any atom is -0.381 e. The van der Waals surface area contributed by atoms with E-state index in [1.54, 1.807) is 12.3 Å². The normalized spacial score (nSPS) is 25.8. The van der Waals surface area contributed by atoms with E-state index >= 15 is 0 Å². The Balaban J connectivity index is 1.25. The van der Waals surface area contributed by atoms with Crippen molar-refractivity contribution in [3.63, 3.8) is 0 Å². The van der Waals surface area contributed by atoms with Gasteiger partial charge < -0.3 is 15.0 Å². The van der Waals surface area contributed by atoms with Crippen molar-refractivity contribution in [3.8, 4) is 0 Å². The first-order valence-electron chi connectivity index (χ1n) is 9.22. The number of carbonyl (C=O) groups excluding carboxylic acids is 1. The molecule has 3 aliphatic rings. The number of amides is 1. The standard InChI is InChI=1S/C18H26N4O2/c23-18(16-3-7-19-17(21-16)14-1-2-14)20-15-4-8-22(9-5-15)11-13-6-10-24-12-13/h3,7,13-15H,1-2,4-6,8-12H2,(H,20,23). The Kier molecular flexibility index (Phi) is 4.76. The summed E-state index contributed by atoms with van der Waals surface area (Å²) in [6.45, 7) is 5.07. The lowest BCUT2D eigenvalue weighted by atomic mass is 10.0. The van der Waals surface area contributed by atoms with Crippen LogP contribution in [0, 0.1) is 5.92 Å². The fraction of sp³-hybridized carbons (Fsp3) is 0.722. The monoisotopic (exact) mass is 330 g/mol. The molecule has 1 unspecified atom stereocenters. The fourth-order valence-electron chi connectivity index (χ4n) is 3.65. The smallest absolute Gasteiger partial charge is 0.270 e. The van der Waals surface area contributed by atoms with Gasteiger partial charge in [-0.1, -0.05) is 0 Å². The van der Waals surface area contributed by atoms with Crippen LogP contribution in [-0.4, -0.2) is 59.7 Å². The minimum atomic E-state index is -0.0538. The summed E-state index contributed by atoms with van der Waals surface area (Å²) in [5.41, 5.74) is 0.512. The summed E-state index contributed by atoms with van der Waals surface area (Å²) in [6, 6.07) is 1.98. The molecule has 130 valence electrons. The van der Waals surface area contributed by atoms with Crippen molar-refractivity contribution in [3.05, 3.63) is 23.8 Å². The summed E-state index contributed by atoms with van der Waals surface area (Å²) < 4.78 is 5.46. The number of aromatic nitrogens is 2. The van der Waals surface area contributed by atoms with Crippen molar-refractivity contribution < 1.29 is 9.53 Å². The van der Waals surface area contributed by atoms with Crippen LogP contribution in [0.4, 0.5) is 0 Å². The van der Waals surface area contributed by atoms with E-state index in [4.69, 9.17) is 4.74 Å². The average Bonchev–Trinajstić information content (AvgIpc) is 3.35. The van der Waals surface area contributed by atoms with Crippen molar-refractivity contribution in [2.45, 2.75) is 44.1 Å². The van der Waals surface area contributed by atoms with Crippen molar-refractivity contribution in [1.29, 1.82) is 0 Å². The SMILES string of the molecule is O=C(NC1CCN(CC2CCOC2)CC1)c1ccnc(C2CC2)n1. The number of hydrogen-bond donors (Lipinski definition) is 1. The van der Waals surface area contributed by atoms with Crippen molar-refractivity contribution in [1.82, 2.24) is 20.2 Å². The number of rotatable bonds is 5. The van der Waals surface area contributed by atoms with Gasteiger partial charge in [-0.05, 0) is 44.1 Å². The first-order chi connectivity index (χ1) is 11.8. The summed E-state index contributed by atoms with van der Waals surface area (Å²) in [4.78, 5) is 23.7. The van der Waals surface area contributed by atoms with Gasteiger partial charge in [0, 0.05) is 44.4 Å². The number of carbonyl (C=O) groups is 1. The zero-order valence-electron chi connectivity index (χ0n) is 14.1. The quantitative estimate of drug-likeness (QED) is 0.888. The van der Waals surface area contributed by atoms with E-state index in [0.717, 1.165) is 64.4 Å². The number of nitrogens with one attached hydrogen (secondary N) is 1. The van der Waals surface area contributed by atoms with Gasteiger partial charge >= 0.3 is 0 Å². The third kappa shape index (κ3) is 3.92. The lowest BCUT2D eigenvalue weighted by Crippen LogP contribution is -2.46. The molecule has 6 heteroatoms.